The normalized spacial score (nSPS) is 25.6. The van der Waals surface area contributed by atoms with Gasteiger partial charge in [0, 0.05) is 0 Å². The predicted octanol–water partition coefficient (Wildman–Crippen LogP) is 0.225. The van der Waals surface area contributed by atoms with E-state index in [0.717, 1.165) is 19.3 Å². The van der Waals surface area contributed by atoms with Gasteiger partial charge >= 0.3 is 6.01 Å². The number of ether oxygens (including phenoxy) is 2. The van der Waals surface area contributed by atoms with E-state index in [1.54, 1.807) is 0 Å². The third kappa shape index (κ3) is 3.84. The summed E-state index contributed by atoms with van der Waals surface area (Å²) in [6.07, 6.45) is 0.167. The van der Waals surface area contributed by atoms with Crippen molar-refractivity contribution in [3.05, 3.63) is 6.33 Å². The number of fused-ring (bicyclic) bond motifs is 1. The standard InChI is InChI=1S/C17H27N5O5/c1-3-9(4-2)5-6-26-17-20-14(18)11-15(21-17)22(8-19-11)16-13(25)12(24)10(7-23)27-16/h8-10,12-13,16,23-25H,3-7H2,1-2H3,(H2,18,20,21)/t10-,12-,13-,16?/m1/s1. The number of hydrogen-bond donors (Lipinski definition) is 4. The molecule has 1 unspecified atom stereocenters. The molecule has 0 radical (unpaired) electrons. The lowest BCUT2D eigenvalue weighted by atomic mass is 10.0. The Bertz CT molecular complexity index is 765. The van der Waals surface area contributed by atoms with Crippen LogP contribution in [0.2, 0.25) is 0 Å². The van der Waals surface area contributed by atoms with Gasteiger partial charge in [-0.25, -0.2) is 4.98 Å². The van der Waals surface area contributed by atoms with E-state index in [4.69, 9.17) is 15.2 Å². The molecule has 1 aliphatic heterocycles. The molecule has 10 nitrogen and oxygen atoms in total. The second-order valence-corrected chi connectivity index (χ2v) is 6.76. The molecule has 1 aliphatic rings. The van der Waals surface area contributed by atoms with Gasteiger partial charge in [0.05, 0.1) is 19.5 Å². The number of aromatic nitrogens is 4. The highest BCUT2D eigenvalue weighted by atomic mass is 16.6. The van der Waals surface area contributed by atoms with Crippen molar-refractivity contribution in [2.45, 2.75) is 57.6 Å². The predicted molar refractivity (Wildman–Crippen MR) is 96.9 cm³/mol. The highest BCUT2D eigenvalue weighted by Crippen LogP contribution is 2.32. The average molecular weight is 381 g/mol. The molecule has 150 valence electrons. The van der Waals surface area contributed by atoms with Crippen LogP contribution >= 0.6 is 0 Å². The van der Waals surface area contributed by atoms with Crippen molar-refractivity contribution in [2.24, 2.45) is 5.92 Å². The molecule has 2 aromatic rings. The Labute approximate surface area is 157 Å². The van der Waals surface area contributed by atoms with Gasteiger partial charge < -0.3 is 30.5 Å². The van der Waals surface area contributed by atoms with Gasteiger partial charge in [0.25, 0.3) is 0 Å². The van der Waals surface area contributed by atoms with Crippen LogP contribution < -0.4 is 10.5 Å². The van der Waals surface area contributed by atoms with Crippen LogP contribution in [0.25, 0.3) is 11.2 Å². The van der Waals surface area contributed by atoms with Crippen molar-refractivity contribution in [3.8, 4) is 6.01 Å². The summed E-state index contributed by atoms with van der Waals surface area (Å²) in [6.45, 7) is 4.35. The van der Waals surface area contributed by atoms with Gasteiger partial charge in [-0.05, 0) is 12.3 Å². The van der Waals surface area contributed by atoms with E-state index in [9.17, 15) is 15.3 Å². The Morgan fingerprint density at radius 3 is 2.63 bits per heavy atom. The minimum atomic E-state index is -1.24. The van der Waals surface area contributed by atoms with Crippen molar-refractivity contribution in [3.63, 3.8) is 0 Å². The molecular weight excluding hydrogens is 354 g/mol. The van der Waals surface area contributed by atoms with Gasteiger partial charge in [0.2, 0.25) is 0 Å². The Hall–Kier alpha value is -2.01. The Kier molecular flexibility index (Phi) is 6.10. The second-order valence-electron chi connectivity index (χ2n) is 6.76. The molecule has 2 aromatic heterocycles. The van der Waals surface area contributed by atoms with Gasteiger partial charge in [-0.15, -0.1) is 0 Å². The molecule has 4 atom stereocenters. The SMILES string of the molecule is CCC(CC)CCOc1nc(N)c2ncn(C3O[C@H](CO)[C@@H](O)[C@H]3O)c2n1. The van der Waals surface area contributed by atoms with Crippen LogP contribution in [-0.4, -0.2) is 66.4 Å². The highest BCUT2D eigenvalue weighted by molar-refractivity contribution is 5.82. The van der Waals surface area contributed by atoms with Crippen LogP contribution in [0.5, 0.6) is 6.01 Å². The first-order valence-electron chi connectivity index (χ1n) is 9.25. The van der Waals surface area contributed by atoms with Crippen molar-refractivity contribution in [1.82, 2.24) is 19.5 Å². The summed E-state index contributed by atoms with van der Waals surface area (Å²) in [5, 5.41) is 29.5. The highest BCUT2D eigenvalue weighted by Gasteiger charge is 2.44. The van der Waals surface area contributed by atoms with Crippen LogP contribution in [0, 0.1) is 5.92 Å². The van der Waals surface area contributed by atoms with Crippen LogP contribution in [-0.2, 0) is 4.74 Å². The Morgan fingerprint density at radius 2 is 2.00 bits per heavy atom. The van der Waals surface area contributed by atoms with Crippen molar-refractivity contribution in [1.29, 1.82) is 0 Å². The summed E-state index contributed by atoms with van der Waals surface area (Å²) in [7, 11) is 0. The van der Waals surface area contributed by atoms with E-state index in [1.807, 2.05) is 0 Å². The maximum absolute atomic E-state index is 10.2. The van der Waals surface area contributed by atoms with E-state index in [2.05, 4.69) is 28.8 Å². The lowest BCUT2D eigenvalue weighted by Crippen LogP contribution is -2.33. The van der Waals surface area contributed by atoms with E-state index in [-0.39, 0.29) is 11.8 Å². The number of rotatable bonds is 8. The lowest BCUT2D eigenvalue weighted by Gasteiger charge is -2.17. The van der Waals surface area contributed by atoms with Gasteiger partial charge in [-0.1, -0.05) is 26.7 Å². The number of nitrogens with zero attached hydrogens (tertiary/aromatic N) is 4. The molecule has 0 aliphatic carbocycles. The Balaban J connectivity index is 1.83. The fourth-order valence-electron chi connectivity index (χ4n) is 3.29. The van der Waals surface area contributed by atoms with Crippen LogP contribution in [0.15, 0.2) is 6.33 Å². The quantitative estimate of drug-likeness (QED) is 0.504. The van der Waals surface area contributed by atoms with Gasteiger partial charge in [-0.3, -0.25) is 4.57 Å². The zero-order valence-corrected chi connectivity index (χ0v) is 15.5. The molecule has 0 aromatic carbocycles. The average Bonchev–Trinajstić information content (AvgIpc) is 3.21. The number of anilines is 1. The number of aliphatic hydroxyl groups is 3. The third-order valence-electron chi connectivity index (χ3n) is 5.13. The molecule has 27 heavy (non-hydrogen) atoms. The lowest BCUT2D eigenvalue weighted by molar-refractivity contribution is -0.0511. The summed E-state index contributed by atoms with van der Waals surface area (Å²) in [5.41, 5.74) is 6.64. The monoisotopic (exact) mass is 381 g/mol. The maximum Gasteiger partial charge on any atom is 0.320 e. The summed E-state index contributed by atoms with van der Waals surface area (Å²) in [4.78, 5) is 12.7. The molecule has 0 saturated carbocycles. The van der Waals surface area contributed by atoms with Crippen LogP contribution in [0.4, 0.5) is 5.82 Å². The first-order valence-corrected chi connectivity index (χ1v) is 9.25. The van der Waals surface area contributed by atoms with Crippen molar-refractivity contribution >= 4 is 17.0 Å². The van der Waals surface area contributed by atoms with E-state index in [1.165, 1.54) is 10.9 Å². The molecule has 10 heteroatoms. The second kappa shape index (κ2) is 8.34. The number of nitrogen functional groups attached to an aromatic ring is 1. The minimum Gasteiger partial charge on any atom is -0.463 e. The molecule has 3 heterocycles. The van der Waals surface area contributed by atoms with Crippen molar-refractivity contribution < 1.29 is 24.8 Å². The number of aliphatic hydroxyl groups excluding tert-OH is 3. The largest absolute Gasteiger partial charge is 0.463 e. The molecule has 5 N–H and O–H groups in total. The van der Waals surface area contributed by atoms with E-state index < -0.39 is 31.1 Å². The molecule has 1 fully saturated rings. The smallest absolute Gasteiger partial charge is 0.320 e. The Morgan fingerprint density at radius 1 is 1.26 bits per heavy atom. The zero-order chi connectivity index (χ0) is 19.6. The maximum atomic E-state index is 10.2. The first kappa shape index (κ1) is 19.7. The summed E-state index contributed by atoms with van der Waals surface area (Å²) >= 11 is 0. The minimum absolute atomic E-state index is 0.124. The fourth-order valence-corrected chi connectivity index (χ4v) is 3.29. The fraction of sp³-hybridized carbons (Fsp3) is 0.706. The van der Waals surface area contributed by atoms with Gasteiger partial charge in [0.1, 0.15) is 18.3 Å². The van der Waals surface area contributed by atoms with Crippen molar-refractivity contribution in [2.75, 3.05) is 18.9 Å². The summed E-state index contributed by atoms with van der Waals surface area (Å²) in [5.74, 6) is 0.735. The number of nitrogens with two attached hydrogens (primary N) is 1. The molecule has 3 rings (SSSR count). The molecule has 1 saturated heterocycles. The molecule has 0 amide bonds. The van der Waals surface area contributed by atoms with E-state index >= 15 is 0 Å². The van der Waals surface area contributed by atoms with Crippen LogP contribution in [0.3, 0.4) is 0 Å². The van der Waals surface area contributed by atoms with Crippen LogP contribution in [0.1, 0.15) is 39.3 Å². The number of imidazole rings is 1. The zero-order valence-electron chi connectivity index (χ0n) is 15.5. The summed E-state index contributed by atoms with van der Waals surface area (Å²) in [6, 6.07) is 0.124. The molecule has 0 bridgehead atoms. The first-order chi connectivity index (χ1) is 13.0. The molecular formula is C17H27N5O5. The topological polar surface area (TPSA) is 149 Å². The van der Waals surface area contributed by atoms with E-state index in [0.29, 0.717) is 23.7 Å². The third-order valence-corrected chi connectivity index (χ3v) is 5.13. The van der Waals surface area contributed by atoms with Gasteiger partial charge in [-0.2, -0.15) is 9.97 Å². The number of hydrogen-bond acceptors (Lipinski definition) is 9. The summed E-state index contributed by atoms with van der Waals surface area (Å²) < 4.78 is 12.7. The van der Waals surface area contributed by atoms with Gasteiger partial charge in [0.15, 0.2) is 23.2 Å². The molecule has 0 spiro atoms.